The number of hydrogen-bond donors (Lipinski definition) is 2. The lowest BCUT2D eigenvalue weighted by Gasteiger charge is -2.38. The molecule has 4 rings (SSSR count). The van der Waals surface area contributed by atoms with Gasteiger partial charge in [0, 0.05) is 35.3 Å². The van der Waals surface area contributed by atoms with Gasteiger partial charge in [0.1, 0.15) is 5.82 Å². The maximum atomic E-state index is 12.4. The van der Waals surface area contributed by atoms with Gasteiger partial charge in [-0.05, 0) is 57.7 Å². The van der Waals surface area contributed by atoms with Crippen molar-refractivity contribution in [2.75, 3.05) is 11.9 Å². The van der Waals surface area contributed by atoms with Crippen LogP contribution in [0.15, 0.2) is 60.9 Å². The molecular weight excluding hydrogens is 384 g/mol. The molecule has 5 nitrogen and oxygen atoms in total. The highest BCUT2D eigenvalue weighted by atomic mass is 35.5. The van der Waals surface area contributed by atoms with Gasteiger partial charge in [0.25, 0.3) is 5.91 Å². The van der Waals surface area contributed by atoms with Gasteiger partial charge in [-0.15, -0.1) is 12.4 Å². The first-order valence-corrected chi connectivity index (χ1v) is 9.71. The van der Waals surface area contributed by atoms with Crippen LogP contribution in [0.3, 0.4) is 0 Å². The lowest BCUT2D eigenvalue weighted by atomic mass is 9.92. The molecule has 0 radical (unpaired) electrons. The number of allylic oxidation sites excluding steroid dienone is 1. The summed E-state index contributed by atoms with van der Waals surface area (Å²) in [7, 11) is 0. The quantitative estimate of drug-likeness (QED) is 0.612. The van der Waals surface area contributed by atoms with Crippen LogP contribution < -0.4 is 5.32 Å². The number of rotatable bonds is 3. The van der Waals surface area contributed by atoms with Gasteiger partial charge in [-0.3, -0.25) is 4.79 Å². The fraction of sp³-hybridized carbons (Fsp3) is 0.304. The highest BCUT2D eigenvalue weighted by Crippen LogP contribution is 2.32. The van der Waals surface area contributed by atoms with Gasteiger partial charge in [0.05, 0.1) is 11.0 Å². The monoisotopic (exact) mass is 410 g/mol. The second-order valence-corrected chi connectivity index (χ2v) is 8.26. The number of H-pyrrole nitrogens is 1. The molecule has 29 heavy (non-hydrogen) atoms. The summed E-state index contributed by atoms with van der Waals surface area (Å²) in [5.41, 5.74) is 3.84. The molecule has 1 aliphatic rings. The molecule has 152 valence electrons. The molecule has 1 atom stereocenters. The number of hydrogen-bond acceptors (Lipinski definition) is 3. The zero-order valence-electron chi connectivity index (χ0n) is 17.0. The third kappa shape index (κ3) is 4.46. The normalized spacial score (nSPS) is 16.5. The SMILES string of the molecule is CC(C)(C)N1C=CC(c2c[nH]c3ccc(NC(=O)c4ccccc4)nc23)CC1.Cl. The van der Waals surface area contributed by atoms with E-state index in [1.54, 1.807) is 12.1 Å². The lowest BCUT2D eigenvalue weighted by Crippen LogP contribution is -2.39. The maximum Gasteiger partial charge on any atom is 0.256 e. The molecule has 0 saturated carbocycles. The van der Waals surface area contributed by atoms with Crippen molar-refractivity contribution in [3.05, 3.63) is 72.1 Å². The van der Waals surface area contributed by atoms with Crippen LogP contribution in [-0.4, -0.2) is 32.9 Å². The first-order chi connectivity index (χ1) is 13.4. The molecule has 0 spiro atoms. The van der Waals surface area contributed by atoms with E-state index in [9.17, 15) is 4.79 Å². The Bertz CT molecular complexity index is 1020. The van der Waals surface area contributed by atoms with E-state index in [-0.39, 0.29) is 23.9 Å². The van der Waals surface area contributed by atoms with Crippen LogP contribution in [0.25, 0.3) is 11.0 Å². The number of aromatic amines is 1. The Hall–Kier alpha value is -2.79. The summed E-state index contributed by atoms with van der Waals surface area (Å²) in [4.78, 5) is 22.9. The Kier molecular flexibility index (Phi) is 5.99. The number of amides is 1. The number of anilines is 1. The molecule has 1 aromatic carbocycles. The molecule has 6 heteroatoms. The van der Waals surface area contributed by atoms with Crippen LogP contribution in [0.4, 0.5) is 5.82 Å². The van der Waals surface area contributed by atoms with Gasteiger partial charge < -0.3 is 15.2 Å². The standard InChI is InChI=1S/C23H26N4O.ClH/c1-23(2,3)27-13-11-16(12-14-27)18-15-24-19-9-10-20(25-21(18)19)26-22(28)17-7-5-4-6-8-17;/h4-11,13,15-16,24H,12,14H2,1-3H3,(H,25,26,28);1H. The average Bonchev–Trinajstić information content (AvgIpc) is 3.11. The van der Waals surface area contributed by atoms with Gasteiger partial charge in [0.15, 0.2) is 0 Å². The highest BCUT2D eigenvalue weighted by Gasteiger charge is 2.24. The number of benzene rings is 1. The van der Waals surface area contributed by atoms with E-state index >= 15 is 0 Å². The first-order valence-electron chi connectivity index (χ1n) is 9.71. The lowest BCUT2D eigenvalue weighted by molar-refractivity contribution is 0.102. The number of nitrogens with zero attached hydrogens (tertiary/aromatic N) is 2. The molecule has 2 N–H and O–H groups in total. The first kappa shape index (κ1) is 20.9. The summed E-state index contributed by atoms with van der Waals surface area (Å²) in [5.74, 6) is 0.737. The Morgan fingerprint density at radius 3 is 2.59 bits per heavy atom. The predicted molar refractivity (Wildman–Crippen MR) is 121 cm³/mol. The van der Waals surface area contributed by atoms with Crippen molar-refractivity contribution in [1.29, 1.82) is 0 Å². The van der Waals surface area contributed by atoms with Gasteiger partial charge >= 0.3 is 0 Å². The zero-order valence-corrected chi connectivity index (χ0v) is 17.8. The van der Waals surface area contributed by atoms with Crippen molar-refractivity contribution in [2.24, 2.45) is 0 Å². The number of carbonyl (C=O) groups excluding carboxylic acids is 1. The van der Waals surface area contributed by atoms with Crippen molar-refractivity contribution in [2.45, 2.75) is 38.6 Å². The molecule has 1 aliphatic heterocycles. The van der Waals surface area contributed by atoms with Crippen molar-refractivity contribution in [3.63, 3.8) is 0 Å². The van der Waals surface area contributed by atoms with Gasteiger partial charge in [-0.25, -0.2) is 4.98 Å². The zero-order chi connectivity index (χ0) is 19.7. The topological polar surface area (TPSA) is 61.0 Å². The Morgan fingerprint density at radius 1 is 1.17 bits per heavy atom. The van der Waals surface area contributed by atoms with Gasteiger partial charge in [-0.1, -0.05) is 24.3 Å². The molecule has 0 aliphatic carbocycles. The third-order valence-corrected chi connectivity index (χ3v) is 5.27. The summed E-state index contributed by atoms with van der Waals surface area (Å²) >= 11 is 0. The molecular formula is C23H27ClN4O. The Labute approximate surface area is 177 Å². The largest absolute Gasteiger partial charge is 0.373 e. The van der Waals surface area contributed by atoms with E-state index in [4.69, 9.17) is 4.98 Å². The number of pyridine rings is 1. The number of nitrogens with one attached hydrogen (secondary N) is 2. The summed E-state index contributed by atoms with van der Waals surface area (Å²) in [6, 6.07) is 13.0. The summed E-state index contributed by atoms with van der Waals surface area (Å²) in [5, 5.41) is 2.91. The Balaban J connectivity index is 0.00000240. The summed E-state index contributed by atoms with van der Waals surface area (Å²) < 4.78 is 0. The van der Waals surface area contributed by atoms with Crippen LogP contribution in [0.2, 0.25) is 0 Å². The van der Waals surface area contributed by atoms with E-state index in [0.29, 0.717) is 17.3 Å². The fourth-order valence-electron chi connectivity index (χ4n) is 3.62. The molecule has 0 bridgehead atoms. The van der Waals surface area contributed by atoms with E-state index in [1.165, 1.54) is 5.56 Å². The van der Waals surface area contributed by atoms with Gasteiger partial charge in [-0.2, -0.15) is 0 Å². The molecule has 1 unspecified atom stereocenters. The summed E-state index contributed by atoms with van der Waals surface area (Å²) in [6.07, 6.45) is 7.55. The number of carbonyl (C=O) groups is 1. The van der Waals surface area contributed by atoms with Crippen LogP contribution in [-0.2, 0) is 0 Å². The van der Waals surface area contributed by atoms with Crippen molar-refractivity contribution < 1.29 is 4.79 Å². The predicted octanol–water partition coefficient (Wildman–Crippen LogP) is 5.34. The van der Waals surface area contributed by atoms with E-state index in [0.717, 1.165) is 24.0 Å². The van der Waals surface area contributed by atoms with Gasteiger partial charge in [0.2, 0.25) is 0 Å². The fourth-order valence-corrected chi connectivity index (χ4v) is 3.62. The van der Waals surface area contributed by atoms with Crippen molar-refractivity contribution >= 4 is 35.2 Å². The second kappa shape index (κ2) is 8.29. The highest BCUT2D eigenvalue weighted by molar-refractivity contribution is 6.04. The minimum atomic E-state index is -0.150. The second-order valence-electron chi connectivity index (χ2n) is 8.26. The molecule has 0 fully saturated rings. The minimum absolute atomic E-state index is 0. The molecule has 0 saturated heterocycles. The summed E-state index contributed by atoms with van der Waals surface area (Å²) in [6.45, 7) is 7.70. The number of aromatic nitrogens is 2. The van der Waals surface area contributed by atoms with Crippen LogP contribution in [0, 0.1) is 0 Å². The van der Waals surface area contributed by atoms with E-state index < -0.39 is 0 Å². The van der Waals surface area contributed by atoms with Crippen LogP contribution in [0.5, 0.6) is 0 Å². The smallest absolute Gasteiger partial charge is 0.256 e. The number of halogens is 1. The maximum absolute atomic E-state index is 12.4. The van der Waals surface area contributed by atoms with E-state index in [1.807, 2.05) is 36.5 Å². The van der Waals surface area contributed by atoms with Crippen molar-refractivity contribution in [3.8, 4) is 0 Å². The molecule has 3 aromatic rings. The van der Waals surface area contributed by atoms with Crippen LogP contribution >= 0.6 is 12.4 Å². The van der Waals surface area contributed by atoms with Crippen LogP contribution in [0.1, 0.15) is 49.0 Å². The molecule has 3 heterocycles. The third-order valence-electron chi connectivity index (χ3n) is 5.27. The average molecular weight is 411 g/mol. The number of fused-ring (bicyclic) bond motifs is 1. The molecule has 1 amide bonds. The molecule has 2 aromatic heterocycles. The Morgan fingerprint density at radius 2 is 1.93 bits per heavy atom. The van der Waals surface area contributed by atoms with E-state index in [2.05, 4.69) is 48.2 Å². The van der Waals surface area contributed by atoms with Crippen molar-refractivity contribution in [1.82, 2.24) is 14.9 Å². The minimum Gasteiger partial charge on any atom is -0.373 e.